The first-order chi connectivity index (χ1) is 7.27. The fourth-order valence-corrected chi connectivity index (χ4v) is 1.09. The van der Waals surface area contributed by atoms with Gasteiger partial charge in [-0.15, -0.1) is 0 Å². The maximum absolute atomic E-state index is 11.0. The van der Waals surface area contributed by atoms with E-state index in [-0.39, 0.29) is 0 Å². The molecule has 0 aliphatic carbocycles. The molecule has 1 aromatic carbocycles. The van der Waals surface area contributed by atoms with Crippen LogP contribution in [-0.2, 0) is 9.59 Å². The molecule has 1 amide bonds. The van der Waals surface area contributed by atoms with Crippen LogP contribution in [0.4, 0.5) is 5.69 Å². The minimum Gasteiger partial charge on any atom is -0.387 e. The maximum atomic E-state index is 11.0. The highest BCUT2D eigenvalue weighted by Crippen LogP contribution is 2.16. The van der Waals surface area contributed by atoms with Gasteiger partial charge in [0.15, 0.2) is 0 Å². The number of carbonyl (C=O) groups excluding carboxylic acids is 2. The molecule has 0 atom stereocenters. The zero-order valence-electron chi connectivity index (χ0n) is 8.01. The first-order valence-corrected chi connectivity index (χ1v) is 4.39. The van der Waals surface area contributed by atoms with Crippen LogP contribution in [0.15, 0.2) is 30.3 Å². The van der Waals surface area contributed by atoms with Gasteiger partial charge in [0.25, 0.3) is 0 Å². The maximum Gasteiger partial charge on any atom is 0.250 e. The Morgan fingerprint density at radius 1 is 1.40 bits per heavy atom. The Morgan fingerprint density at radius 2 is 2.13 bits per heavy atom. The minimum absolute atomic E-state index is 0.484. The molecule has 4 heteroatoms. The topological polar surface area (TPSA) is 66.4 Å². The van der Waals surface area contributed by atoms with E-state index in [9.17, 15) is 9.59 Å². The molecule has 1 aromatic rings. The third-order valence-corrected chi connectivity index (χ3v) is 1.73. The van der Waals surface area contributed by atoms with E-state index in [4.69, 9.17) is 5.11 Å². The molecule has 0 spiro atoms. The number of aliphatic hydroxyl groups excluding tert-OH is 1. The van der Waals surface area contributed by atoms with Crippen LogP contribution in [-0.4, -0.2) is 23.9 Å². The fourth-order valence-electron chi connectivity index (χ4n) is 1.09. The molecule has 0 fully saturated rings. The highest BCUT2D eigenvalue weighted by atomic mass is 16.3. The first kappa shape index (κ1) is 11.1. The summed E-state index contributed by atoms with van der Waals surface area (Å²) in [6.45, 7) is -0.564. The normalized spacial score (nSPS) is 10.2. The molecule has 0 saturated carbocycles. The molecule has 0 radical (unpaired) electrons. The summed E-state index contributed by atoms with van der Waals surface area (Å²) in [5, 5.41) is 11.1. The van der Waals surface area contributed by atoms with E-state index in [1.165, 1.54) is 6.08 Å². The number of aliphatic hydroxyl groups is 1. The van der Waals surface area contributed by atoms with Gasteiger partial charge in [-0.25, -0.2) is 0 Å². The van der Waals surface area contributed by atoms with Gasteiger partial charge in [-0.3, -0.25) is 9.59 Å². The second kappa shape index (κ2) is 5.72. The average molecular weight is 205 g/mol. The Balaban J connectivity index is 2.90. The third-order valence-electron chi connectivity index (χ3n) is 1.73. The van der Waals surface area contributed by atoms with Crippen LogP contribution in [0.2, 0.25) is 0 Å². The number of allylic oxidation sites excluding steroid dienone is 1. The predicted molar refractivity (Wildman–Crippen MR) is 57.3 cm³/mol. The lowest BCUT2D eigenvalue weighted by Gasteiger charge is -2.06. The van der Waals surface area contributed by atoms with E-state index in [1.807, 2.05) is 0 Å². The molecule has 0 saturated heterocycles. The van der Waals surface area contributed by atoms with Crippen LogP contribution in [0.25, 0.3) is 6.08 Å². The van der Waals surface area contributed by atoms with E-state index in [1.54, 1.807) is 30.3 Å². The van der Waals surface area contributed by atoms with Gasteiger partial charge in [0, 0.05) is 5.69 Å². The summed E-state index contributed by atoms with van der Waals surface area (Å²) < 4.78 is 0. The monoisotopic (exact) mass is 205 g/mol. The number of amides is 1. The Bertz CT molecular complexity index is 385. The van der Waals surface area contributed by atoms with Gasteiger partial charge in [-0.2, -0.15) is 0 Å². The van der Waals surface area contributed by atoms with E-state index in [0.29, 0.717) is 17.5 Å². The lowest BCUT2D eigenvalue weighted by Crippen LogP contribution is -2.15. The van der Waals surface area contributed by atoms with Gasteiger partial charge in [0.2, 0.25) is 5.91 Å². The van der Waals surface area contributed by atoms with Crippen molar-refractivity contribution >= 4 is 24.0 Å². The number of benzene rings is 1. The number of hydrogen-bond donors (Lipinski definition) is 2. The minimum atomic E-state index is -0.564. The van der Waals surface area contributed by atoms with Gasteiger partial charge >= 0.3 is 0 Å². The Morgan fingerprint density at radius 3 is 2.80 bits per heavy atom. The van der Waals surface area contributed by atoms with Crippen LogP contribution in [0, 0.1) is 0 Å². The molecule has 4 nitrogen and oxygen atoms in total. The summed E-state index contributed by atoms with van der Waals surface area (Å²) in [5.74, 6) is -0.484. The summed E-state index contributed by atoms with van der Waals surface area (Å²) in [6.07, 6.45) is 3.58. The highest BCUT2D eigenvalue weighted by molar-refractivity contribution is 5.94. The average Bonchev–Trinajstić information content (AvgIpc) is 2.28. The Labute approximate surface area is 87.2 Å². The van der Waals surface area contributed by atoms with Gasteiger partial charge in [-0.05, 0) is 23.8 Å². The van der Waals surface area contributed by atoms with Crippen molar-refractivity contribution in [1.29, 1.82) is 0 Å². The van der Waals surface area contributed by atoms with Crippen LogP contribution in [0.5, 0.6) is 0 Å². The Kier molecular flexibility index (Phi) is 4.25. The zero-order chi connectivity index (χ0) is 11.1. The van der Waals surface area contributed by atoms with E-state index >= 15 is 0 Å². The molecule has 15 heavy (non-hydrogen) atoms. The number of para-hydroxylation sites is 1. The summed E-state index contributed by atoms with van der Waals surface area (Å²) in [6, 6.07) is 7.00. The number of anilines is 1. The van der Waals surface area contributed by atoms with Gasteiger partial charge in [-0.1, -0.05) is 18.2 Å². The lowest BCUT2D eigenvalue weighted by molar-refractivity contribution is -0.118. The number of rotatable bonds is 4. The van der Waals surface area contributed by atoms with Crippen molar-refractivity contribution in [3.8, 4) is 0 Å². The van der Waals surface area contributed by atoms with Gasteiger partial charge in [0.05, 0.1) is 0 Å². The van der Waals surface area contributed by atoms with Gasteiger partial charge in [0.1, 0.15) is 12.9 Å². The molecule has 2 N–H and O–H groups in total. The van der Waals surface area contributed by atoms with Crippen molar-refractivity contribution in [2.75, 3.05) is 11.9 Å². The smallest absolute Gasteiger partial charge is 0.250 e. The van der Waals surface area contributed by atoms with Gasteiger partial charge < -0.3 is 10.4 Å². The van der Waals surface area contributed by atoms with Crippen LogP contribution >= 0.6 is 0 Å². The highest BCUT2D eigenvalue weighted by Gasteiger charge is 2.02. The quantitative estimate of drug-likeness (QED) is 0.565. The largest absolute Gasteiger partial charge is 0.387 e. The summed E-state index contributed by atoms with van der Waals surface area (Å²) in [5.41, 5.74) is 1.28. The lowest BCUT2D eigenvalue weighted by atomic mass is 10.1. The van der Waals surface area contributed by atoms with E-state index in [2.05, 4.69) is 5.32 Å². The van der Waals surface area contributed by atoms with Crippen LogP contribution in [0.1, 0.15) is 5.56 Å². The number of carbonyl (C=O) groups is 2. The molecule has 0 aliphatic rings. The second-order valence-electron chi connectivity index (χ2n) is 2.79. The van der Waals surface area contributed by atoms with Crippen molar-refractivity contribution in [3.63, 3.8) is 0 Å². The van der Waals surface area contributed by atoms with Crippen molar-refractivity contribution in [2.45, 2.75) is 0 Å². The fraction of sp³-hybridized carbons (Fsp3) is 0.0909. The summed E-state index contributed by atoms with van der Waals surface area (Å²) in [7, 11) is 0. The van der Waals surface area contributed by atoms with Crippen molar-refractivity contribution in [1.82, 2.24) is 0 Å². The van der Waals surface area contributed by atoms with Crippen LogP contribution in [0.3, 0.4) is 0 Å². The molecule has 0 aliphatic heterocycles. The molecule has 0 unspecified atom stereocenters. The van der Waals surface area contributed by atoms with Crippen molar-refractivity contribution in [3.05, 3.63) is 35.9 Å². The standard InChI is InChI=1S/C11H11NO3/c13-7-3-5-9-4-1-2-6-10(9)12-11(15)8-14/h1-7,14H,8H2,(H,12,15)/b5-3+. The molecular weight excluding hydrogens is 194 g/mol. The molecule has 0 heterocycles. The summed E-state index contributed by atoms with van der Waals surface area (Å²) in [4.78, 5) is 21.1. The molecule has 1 rings (SSSR count). The SMILES string of the molecule is O=C/C=C/c1ccccc1NC(=O)CO. The van der Waals surface area contributed by atoms with Crippen LogP contribution < -0.4 is 5.32 Å². The van der Waals surface area contributed by atoms with Crippen molar-refractivity contribution in [2.24, 2.45) is 0 Å². The molecule has 0 aromatic heterocycles. The molecular formula is C11H11NO3. The first-order valence-electron chi connectivity index (χ1n) is 4.39. The number of nitrogens with one attached hydrogen (secondary N) is 1. The Hall–Kier alpha value is -1.94. The van der Waals surface area contributed by atoms with E-state index < -0.39 is 12.5 Å². The summed E-state index contributed by atoms with van der Waals surface area (Å²) >= 11 is 0. The van der Waals surface area contributed by atoms with Crippen molar-refractivity contribution < 1.29 is 14.7 Å². The molecule has 78 valence electrons. The number of aldehydes is 1. The third kappa shape index (κ3) is 3.36. The second-order valence-corrected chi connectivity index (χ2v) is 2.79. The zero-order valence-corrected chi connectivity index (χ0v) is 8.01. The predicted octanol–water partition coefficient (Wildman–Crippen LogP) is 0.830. The van der Waals surface area contributed by atoms with E-state index in [0.717, 1.165) is 0 Å². The number of hydrogen-bond acceptors (Lipinski definition) is 3. The molecule has 0 bridgehead atoms.